The van der Waals surface area contributed by atoms with Crippen LogP contribution in [-0.2, 0) is 9.53 Å². The van der Waals surface area contributed by atoms with Crippen LogP contribution in [0.15, 0.2) is 24.3 Å². The fourth-order valence-corrected chi connectivity index (χ4v) is 3.46. The second-order valence-electron chi connectivity index (χ2n) is 6.05. The first-order chi connectivity index (χ1) is 10.7. The maximum atomic E-state index is 12.6. The topological polar surface area (TPSA) is 66.8 Å². The lowest BCUT2D eigenvalue weighted by Crippen LogP contribution is -2.37. The number of benzene rings is 1. The highest BCUT2D eigenvalue weighted by Crippen LogP contribution is 2.31. The lowest BCUT2D eigenvalue weighted by Gasteiger charge is -2.26. The second kappa shape index (κ2) is 6.48. The van der Waals surface area contributed by atoms with Crippen molar-refractivity contribution in [2.75, 3.05) is 26.3 Å². The zero-order valence-electron chi connectivity index (χ0n) is 12.5. The van der Waals surface area contributed by atoms with Gasteiger partial charge in [-0.05, 0) is 30.9 Å². The molecule has 1 atom stereocenters. The number of hydrogen-bond acceptors (Lipinski definition) is 3. The van der Waals surface area contributed by atoms with Gasteiger partial charge in [0.05, 0.1) is 5.56 Å². The third kappa shape index (κ3) is 2.99. The van der Waals surface area contributed by atoms with Crippen molar-refractivity contribution >= 4 is 11.9 Å². The minimum Gasteiger partial charge on any atom is -0.478 e. The molecule has 5 heteroatoms. The predicted molar refractivity (Wildman–Crippen MR) is 80.9 cm³/mol. The van der Waals surface area contributed by atoms with Gasteiger partial charge in [-0.15, -0.1) is 0 Å². The van der Waals surface area contributed by atoms with Crippen molar-refractivity contribution in [1.82, 2.24) is 4.90 Å². The first kappa shape index (κ1) is 15.0. The standard InChI is InChI=1S/C17H21NO4/c19-16(12-6-9-22-10-7-12)18-8-5-13(11-18)14-3-1-2-4-15(14)17(20)21/h1-4,12-13H,5-11H2,(H,20,21). The summed E-state index contributed by atoms with van der Waals surface area (Å²) in [5.41, 5.74) is 1.20. The molecule has 1 aromatic carbocycles. The third-order valence-corrected chi connectivity index (χ3v) is 4.70. The van der Waals surface area contributed by atoms with Crippen LogP contribution in [0.4, 0.5) is 0 Å². The lowest BCUT2D eigenvalue weighted by molar-refractivity contribution is -0.137. The minimum atomic E-state index is -0.898. The zero-order valence-corrected chi connectivity index (χ0v) is 12.5. The highest BCUT2D eigenvalue weighted by molar-refractivity contribution is 5.89. The van der Waals surface area contributed by atoms with E-state index in [4.69, 9.17) is 4.74 Å². The number of likely N-dealkylation sites (tertiary alicyclic amines) is 1. The molecular weight excluding hydrogens is 282 g/mol. The molecular formula is C17H21NO4. The second-order valence-corrected chi connectivity index (χ2v) is 6.05. The van der Waals surface area contributed by atoms with E-state index in [0.717, 1.165) is 31.4 Å². The molecule has 1 unspecified atom stereocenters. The molecule has 5 nitrogen and oxygen atoms in total. The Balaban J connectivity index is 1.70. The Labute approximate surface area is 129 Å². The van der Waals surface area contributed by atoms with Crippen LogP contribution in [0.25, 0.3) is 0 Å². The Morgan fingerprint density at radius 3 is 2.59 bits per heavy atom. The van der Waals surface area contributed by atoms with E-state index in [2.05, 4.69) is 0 Å². The summed E-state index contributed by atoms with van der Waals surface area (Å²) in [6.07, 6.45) is 2.43. The Kier molecular flexibility index (Phi) is 4.43. The average Bonchev–Trinajstić information content (AvgIpc) is 3.04. The summed E-state index contributed by atoms with van der Waals surface area (Å²) < 4.78 is 5.31. The molecule has 0 spiro atoms. The molecule has 2 aliphatic rings. The molecule has 3 rings (SSSR count). The van der Waals surface area contributed by atoms with Gasteiger partial charge in [-0.2, -0.15) is 0 Å². The van der Waals surface area contributed by atoms with Crippen LogP contribution in [-0.4, -0.2) is 48.2 Å². The summed E-state index contributed by atoms with van der Waals surface area (Å²) in [6, 6.07) is 7.12. The van der Waals surface area contributed by atoms with Crippen LogP contribution < -0.4 is 0 Å². The van der Waals surface area contributed by atoms with Gasteiger partial charge in [0.1, 0.15) is 0 Å². The fraction of sp³-hybridized carbons (Fsp3) is 0.529. The van der Waals surface area contributed by atoms with E-state index in [-0.39, 0.29) is 17.7 Å². The average molecular weight is 303 g/mol. The Morgan fingerprint density at radius 2 is 1.86 bits per heavy atom. The molecule has 0 saturated carbocycles. The predicted octanol–water partition coefficient (Wildman–Crippen LogP) is 2.13. The van der Waals surface area contributed by atoms with Gasteiger partial charge in [0.15, 0.2) is 0 Å². The smallest absolute Gasteiger partial charge is 0.335 e. The molecule has 0 radical (unpaired) electrons. The van der Waals surface area contributed by atoms with Crippen molar-refractivity contribution in [3.05, 3.63) is 35.4 Å². The maximum absolute atomic E-state index is 12.6. The quantitative estimate of drug-likeness (QED) is 0.929. The molecule has 2 heterocycles. The number of carboxylic acids is 1. The summed E-state index contributed by atoms with van der Waals surface area (Å²) in [7, 11) is 0. The van der Waals surface area contributed by atoms with Crippen molar-refractivity contribution in [3.63, 3.8) is 0 Å². The zero-order chi connectivity index (χ0) is 15.5. The van der Waals surface area contributed by atoms with E-state index < -0.39 is 5.97 Å². The van der Waals surface area contributed by atoms with E-state index in [1.807, 2.05) is 17.0 Å². The van der Waals surface area contributed by atoms with Crippen molar-refractivity contribution in [2.24, 2.45) is 5.92 Å². The number of amides is 1. The molecule has 1 aromatic rings. The van der Waals surface area contributed by atoms with Gasteiger partial charge in [0, 0.05) is 38.1 Å². The minimum absolute atomic E-state index is 0.0715. The highest BCUT2D eigenvalue weighted by atomic mass is 16.5. The van der Waals surface area contributed by atoms with Gasteiger partial charge in [0.25, 0.3) is 0 Å². The Morgan fingerprint density at radius 1 is 1.14 bits per heavy atom. The molecule has 0 bridgehead atoms. The van der Waals surface area contributed by atoms with Gasteiger partial charge in [-0.1, -0.05) is 18.2 Å². The summed E-state index contributed by atoms with van der Waals surface area (Å²) in [6.45, 7) is 2.67. The normalized spacial score (nSPS) is 22.7. The molecule has 1 amide bonds. The first-order valence-electron chi connectivity index (χ1n) is 7.85. The molecule has 0 aliphatic carbocycles. The Bertz CT molecular complexity index is 566. The van der Waals surface area contributed by atoms with E-state index in [1.54, 1.807) is 12.1 Å². The number of carbonyl (C=O) groups excluding carboxylic acids is 1. The number of ether oxygens (including phenoxy) is 1. The van der Waals surface area contributed by atoms with E-state index in [9.17, 15) is 14.7 Å². The summed E-state index contributed by atoms with van der Waals surface area (Å²) in [5.74, 6) is -0.498. The van der Waals surface area contributed by atoms with Crippen LogP contribution in [0.2, 0.25) is 0 Å². The molecule has 2 aliphatic heterocycles. The van der Waals surface area contributed by atoms with Crippen LogP contribution in [0.3, 0.4) is 0 Å². The van der Waals surface area contributed by atoms with Crippen molar-refractivity contribution in [1.29, 1.82) is 0 Å². The number of nitrogens with zero attached hydrogens (tertiary/aromatic N) is 1. The molecule has 2 saturated heterocycles. The first-order valence-corrected chi connectivity index (χ1v) is 7.85. The number of rotatable bonds is 3. The molecule has 0 aromatic heterocycles. The van der Waals surface area contributed by atoms with Crippen molar-refractivity contribution in [2.45, 2.75) is 25.2 Å². The number of carbonyl (C=O) groups is 2. The number of hydrogen-bond donors (Lipinski definition) is 1. The van der Waals surface area contributed by atoms with Crippen molar-refractivity contribution in [3.8, 4) is 0 Å². The monoisotopic (exact) mass is 303 g/mol. The van der Waals surface area contributed by atoms with Crippen molar-refractivity contribution < 1.29 is 19.4 Å². The lowest BCUT2D eigenvalue weighted by atomic mass is 9.93. The van der Waals surface area contributed by atoms with E-state index in [0.29, 0.717) is 25.3 Å². The largest absolute Gasteiger partial charge is 0.478 e. The van der Waals surface area contributed by atoms with Gasteiger partial charge in [-0.25, -0.2) is 4.79 Å². The summed E-state index contributed by atoms with van der Waals surface area (Å²) >= 11 is 0. The maximum Gasteiger partial charge on any atom is 0.335 e. The van der Waals surface area contributed by atoms with Crippen LogP contribution >= 0.6 is 0 Å². The Hall–Kier alpha value is -1.88. The summed E-state index contributed by atoms with van der Waals surface area (Å²) in [4.78, 5) is 25.8. The molecule has 22 heavy (non-hydrogen) atoms. The SMILES string of the molecule is O=C(O)c1ccccc1C1CCN(C(=O)C2CCOCC2)C1. The fourth-order valence-electron chi connectivity index (χ4n) is 3.46. The van der Waals surface area contributed by atoms with Gasteiger partial charge < -0.3 is 14.7 Å². The molecule has 118 valence electrons. The van der Waals surface area contributed by atoms with E-state index >= 15 is 0 Å². The molecule has 2 fully saturated rings. The number of carboxylic acid groups (broad SMARTS) is 1. The highest BCUT2D eigenvalue weighted by Gasteiger charge is 2.33. The van der Waals surface area contributed by atoms with E-state index in [1.165, 1.54) is 0 Å². The molecule has 1 N–H and O–H groups in total. The summed E-state index contributed by atoms with van der Waals surface area (Å²) in [5, 5.41) is 9.31. The number of aromatic carboxylic acids is 1. The van der Waals surface area contributed by atoms with Gasteiger partial charge >= 0.3 is 5.97 Å². The van der Waals surface area contributed by atoms with Crippen LogP contribution in [0.5, 0.6) is 0 Å². The van der Waals surface area contributed by atoms with Crippen LogP contribution in [0.1, 0.15) is 41.1 Å². The van der Waals surface area contributed by atoms with Crippen LogP contribution in [0, 0.1) is 5.92 Å². The van der Waals surface area contributed by atoms with Gasteiger partial charge in [-0.3, -0.25) is 4.79 Å². The third-order valence-electron chi connectivity index (χ3n) is 4.70. The van der Waals surface area contributed by atoms with Gasteiger partial charge in [0.2, 0.25) is 5.91 Å².